The number of anilines is 1. The largest absolute Gasteiger partial charge is 0.360 e. The number of hydrogen-bond donors (Lipinski definition) is 1. The van der Waals surface area contributed by atoms with Crippen molar-refractivity contribution in [2.45, 2.75) is 45.4 Å². The van der Waals surface area contributed by atoms with Gasteiger partial charge in [-0.05, 0) is 18.8 Å². The topological polar surface area (TPSA) is 59.3 Å². The van der Waals surface area contributed by atoms with Crippen molar-refractivity contribution in [3.63, 3.8) is 0 Å². The van der Waals surface area contributed by atoms with E-state index >= 15 is 0 Å². The van der Waals surface area contributed by atoms with Crippen LogP contribution < -0.4 is 10.9 Å². The highest BCUT2D eigenvalue weighted by atomic mass is 32.1. The second kappa shape index (κ2) is 5.91. The lowest BCUT2D eigenvalue weighted by molar-refractivity contribution is 0.518. The maximum atomic E-state index is 11.9. The molecule has 108 valence electrons. The van der Waals surface area contributed by atoms with E-state index < -0.39 is 0 Å². The molecule has 0 saturated heterocycles. The first-order chi connectivity index (χ1) is 9.76. The second-order valence-corrected chi connectivity index (χ2v) is 6.36. The quantitative estimate of drug-likeness (QED) is 0.920. The standard InChI is InChI=1S/C14H20N4OS/c1-2-11-9-12(19)18-14(16-11)20-13(17-18)15-8-7-10-5-3-4-6-10/h9-10H,2-8H2,1H3,(H,15,17). The van der Waals surface area contributed by atoms with Crippen LogP contribution in [0.25, 0.3) is 4.96 Å². The number of rotatable bonds is 5. The Labute approximate surface area is 122 Å². The minimum atomic E-state index is -0.0908. The first-order valence-electron chi connectivity index (χ1n) is 7.40. The molecule has 5 nitrogen and oxygen atoms in total. The summed E-state index contributed by atoms with van der Waals surface area (Å²) in [7, 11) is 0. The minimum Gasteiger partial charge on any atom is -0.360 e. The Bertz CT molecular complexity index is 642. The number of nitrogens with one attached hydrogen (secondary N) is 1. The van der Waals surface area contributed by atoms with Gasteiger partial charge in [0.05, 0.1) is 0 Å². The molecule has 0 aliphatic heterocycles. The van der Waals surface area contributed by atoms with Gasteiger partial charge in [-0.3, -0.25) is 4.79 Å². The van der Waals surface area contributed by atoms with Crippen molar-refractivity contribution in [2.75, 3.05) is 11.9 Å². The number of hydrogen-bond acceptors (Lipinski definition) is 5. The molecule has 0 unspecified atom stereocenters. The third-order valence-electron chi connectivity index (χ3n) is 3.96. The van der Waals surface area contributed by atoms with E-state index in [9.17, 15) is 4.79 Å². The van der Waals surface area contributed by atoms with Crippen LogP contribution in [-0.4, -0.2) is 21.1 Å². The molecule has 0 spiro atoms. The molecule has 0 bridgehead atoms. The molecule has 2 aromatic rings. The third kappa shape index (κ3) is 2.85. The van der Waals surface area contributed by atoms with Gasteiger partial charge in [-0.2, -0.15) is 4.52 Å². The highest BCUT2D eigenvalue weighted by molar-refractivity contribution is 7.20. The smallest absolute Gasteiger partial charge is 0.275 e. The zero-order valence-corrected chi connectivity index (χ0v) is 12.6. The highest BCUT2D eigenvalue weighted by Crippen LogP contribution is 2.27. The Hall–Kier alpha value is -1.43. The van der Waals surface area contributed by atoms with Crippen LogP contribution in [0.4, 0.5) is 5.13 Å². The Morgan fingerprint density at radius 3 is 3.00 bits per heavy atom. The molecule has 3 rings (SSSR count). The number of aryl methyl sites for hydroxylation is 1. The second-order valence-electron chi connectivity index (χ2n) is 5.41. The first-order valence-corrected chi connectivity index (χ1v) is 8.21. The van der Waals surface area contributed by atoms with Crippen molar-refractivity contribution in [1.82, 2.24) is 14.6 Å². The van der Waals surface area contributed by atoms with Gasteiger partial charge in [-0.25, -0.2) is 4.98 Å². The van der Waals surface area contributed by atoms with Crippen LogP contribution in [0.2, 0.25) is 0 Å². The Kier molecular flexibility index (Phi) is 4.00. The molecular formula is C14H20N4OS. The molecular weight excluding hydrogens is 272 g/mol. The van der Waals surface area contributed by atoms with E-state index in [1.807, 2.05) is 6.92 Å². The van der Waals surface area contributed by atoms with Gasteiger partial charge in [-0.15, -0.1) is 5.10 Å². The van der Waals surface area contributed by atoms with Crippen LogP contribution in [0.1, 0.15) is 44.7 Å². The fourth-order valence-corrected chi connectivity index (χ4v) is 3.64. The van der Waals surface area contributed by atoms with Crippen LogP contribution >= 0.6 is 11.3 Å². The van der Waals surface area contributed by atoms with Gasteiger partial charge in [0.2, 0.25) is 10.1 Å². The maximum Gasteiger partial charge on any atom is 0.275 e. The molecule has 6 heteroatoms. The van der Waals surface area contributed by atoms with Crippen molar-refractivity contribution >= 4 is 21.4 Å². The predicted molar refractivity (Wildman–Crippen MR) is 81.6 cm³/mol. The fraction of sp³-hybridized carbons (Fsp3) is 0.643. The first kappa shape index (κ1) is 13.5. The molecule has 0 atom stereocenters. The molecule has 1 aliphatic rings. The predicted octanol–water partition coefficient (Wildman–Crippen LogP) is 2.71. The lowest BCUT2D eigenvalue weighted by Crippen LogP contribution is -2.15. The number of nitrogens with zero attached hydrogens (tertiary/aromatic N) is 3. The lowest BCUT2D eigenvalue weighted by Gasteiger charge is -2.08. The molecule has 0 amide bonds. The average Bonchev–Trinajstić information content (AvgIpc) is 3.08. The summed E-state index contributed by atoms with van der Waals surface area (Å²) in [6.07, 6.45) is 7.45. The van der Waals surface area contributed by atoms with Crippen LogP contribution in [0.15, 0.2) is 10.9 Å². The zero-order chi connectivity index (χ0) is 13.9. The summed E-state index contributed by atoms with van der Waals surface area (Å²) < 4.78 is 1.39. The summed E-state index contributed by atoms with van der Waals surface area (Å²) in [5, 5.41) is 8.43. The van der Waals surface area contributed by atoms with Crippen molar-refractivity contribution in [1.29, 1.82) is 0 Å². The molecule has 0 radical (unpaired) electrons. The maximum absolute atomic E-state index is 11.9. The molecule has 1 saturated carbocycles. The van der Waals surface area contributed by atoms with Crippen LogP contribution in [0, 0.1) is 5.92 Å². The number of aromatic nitrogens is 3. The van der Waals surface area contributed by atoms with Gasteiger partial charge in [0.25, 0.3) is 5.56 Å². The van der Waals surface area contributed by atoms with Gasteiger partial charge in [0.1, 0.15) is 0 Å². The molecule has 1 N–H and O–H groups in total. The van der Waals surface area contributed by atoms with Crippen LogP contribution in [-0.2, 0) is 6.42 Å². The third-order valence-corrected chi connectivity index (χ3v) is 4.83. The van der Waals surface area contributed by atoms with E-state index in [4.69, 9.17) is 0 Å². The summed E-state index contributed by atoms with van der Waals surface area (Å²) in [6.45, 7) is 2.93. The minimum absolute atomic E-state index is 0.0908. The van der Waals surface area contributed by atoms with E-state index in [-0.39, 0.29) is 5.56 Å². The molecule has 20 heavy (non-hydrogen) atoms. The average molecular weight is 292 g/mol. The fourth-order valence-electron chi connectivity index (χ4n) is 2.79. The van der Waals surface area contributed by atoms with Gasteiger partial charge < -0.3 is 5.32 Å². The summed E-state index contributed by atoms with van der Waals surface area (Å²) in [6, 6.07) is 1.56. The Balaban J connectivity index is 1.69. The van der Waals surface area contributed by atoms with E-state index in [0.29, 0.717) is 4.96 Å². The van der Waals surface area contributed by atoms with E-state index in [0.717, 1.165) is 29.7 Å². The summed E-state index contributed by atoms with van der Waals surface area (Å²) >= 11 is 1.45. The van der Waals surface area contributed by atoms with E-state index in [2.05, 4.69) is 15.4 Å². The van der Waals surface area contributed by atoms with Gasteiger partial charge >= 0.3 is 0 Å². The molecule has 1 aliphatic carbocycles. The van der Waals surface area contributed by atoms with Crippen LogP contribution in [0.3, 0.4) is 0 Å². The van der Waals surface area contributed by atoms with E-state index in [1.54, 1.807) is 6.07 Å². The van der Waals surface area contributed by atoms with Gasteiger partial charge in [-0.1, -0.05) is 43.9 Å². The molecule has 2 heterocycles. The van der Waals surface area contributed by atoms with Gasteiger partial charge in [0, 0.05) is 18.3 Å². The molecule has 2 aromatic heterocycles. The van der Waals surface area contributed by atoms with Crippen molar-refractivity contribution in [3.05, 3.63) is 22.1 Å². The Morgan fingerprint density at radius 2 is 2.25 bits per heavy atom. The Morgan fingerprint density at radius 1 is 1.45 bits per heavy atom. The van der Waals surface area contributed by atoms with E-state index in [1.165, 1.54) is 48.0 Å². The zero-order valence-electron chi connectivity index (χ0n) is 11.8. The van der Waals surface area contributed by atoms with Gasteiger partial charge in [0.15, 0.2) is 0 Å². The van der Waals surface area contributed by atoms with Crippen molar-refractivity contribution in [3.8, 4) is 0 Å². The van der Waals surface area contributed by atoms with Crippen molar-refractivity contribution in [2.24, 2.45) is 5.92 Å². The summed E-state index contributed by atoms with van der Waals surface area (Å²) in [5.41, 5.74) is 0.739. The molecule has 1 fully saturated rings. The summed E-state index contributed by atoms with van der Waals surface area (Å²) in [5.74, 6) is 0.865. The van der Waals surface area contributed by atoms with Crippen LogP contribution in [0.5, 0.6) is 0 Å². The SMILES string of the molecule is CCc1cc(=O)n2nc(NCCC3CCCC3)sc2n1. The monoisotopic (exact) mass is 292 g/mol. The highest BCUT2D eigenvalue weighted by Gasteiger charge is 2.14. The summed E-state index contributed by atoms with van der Waals surface area (Å²) in [4.78, 5) is 17.0. The normalized spacial score (nSPS) is 16.1. The number of fused-ring (bicyclic) bond motifs is 1. The van der Waals surface area contributed by atoms with Crippen molar-refractivity contribution < 1.29 is 0 Å². The molecule has 0 aromatic carbocycles. The lowest BCUT2D eigenvalue weighted by atomic mass is 10.0.